The Labute approximate surface area is 91.4 Å². The molecule has 1 aromatic heterocycles. The molecule has 1 aromatic carbocycles. The van der Waals surface area contributed by atoms with Crippen molar-refractivity contribution in [1.29, 1.82) is 5.26 Å². The van der Waals surface area contributed by atoms with Crippen LogP contribution in [0.1, 0.15) is 5.56 Å². The lowest BCUT2D eigenvalue weighted by Gasteiger charge is -2.01. The maximum absolute atomic E-state index is 8.66. The molecule has 14 heavy (non-hydrogen) atoms. The smallest absolute Gasteiger partial charge is 0.0670 e. The van der Waals surface area contributed by atoms with E-state index in [4.69, 9.17) is 11.0 Å². The molecule has 4 heteroatoms. The SMILES string of the molecule is N#CCc1csc2ccc(N)c(S)c12. The van der Waals surface area contributed by atoms with Crippen LogP contribution in [-0.2, 0) is 6.42 Å². The molecule has 70 valence electrons. The van der Waals surface area contributed by atoms with Gasteiger partial charge in [0.25, 0.3) is 0 Å². The fraction of sp³-hybridized carbons (Fsp3) is 0.100. The van der Waals surface area contributed by atoms with E-state index in [1.807, 2.05) is 17.5 Å². The fourth-order valence-corrected chi connectivity index (χ4v) is 2.79. The Morgan fingerprint density at radius 2 is 2.29 bits per heavy atom. The Kier molecular flexibility index (Phi) is 2.36. The first-order chi connectivity index (χ1) is 6.74. The number of hydrogen-bond donors (Lipinski definition) is 2. The van der Waals surface area contributed by atoms with E-state index in [2.05, 4.69) is 18.7 Å². The molecule has 0 amide bonds. The second kappa shape index (κ2) is 3.52. The number of hydrogen-bond acceptors (Lipinski definition) is 4. The molecule has 2 N–H and O–H groups in total. The number of nitrogens with two attached hydrogens (primary N) is 1. The third-order valence-corrected chi connectivity index (χ3v) is 3.57. The summed E-state index contributed by atoms with van der Waals surface area (Å²) in [6, 6.07) is 5.95. The van der Waals surface area contributed by atoms with Crippen molar-refractivity contribution in [2.45, 2.75) is 11.3 Å². The Morgan fingerprint density at radius 3 is 3.00 bits per heavy atom. The highest BCUT2D eigenvalue weighted by atomic mass is 32.1. The van der Waals surface area contributed by atoms with E-state index in [0.29, 0.717) is 12.1 Å². The summed E-state index contributed by atoms with van der Waals surface area (Å²) in [7, 11) is 0. The van der Waals surface area contributed by atoms with Gasteiger partial charge in [0, 0.05) is 20.7 Å². The van der Waals surface area contributed by atoms with E-state index in [0.717, 1.165) is 20.5 Å². The summed E-state index contributed by atoms with van der Waals surface area (Å²) in [4.78, 5) is 0.786. The van der Waals surface area contributed by atoms with E-state index < -0.39 is 0 Å². The van der Waals surface area contributed by atoms with Gasteiger partial charge < -0.3 is 5.73 Å². The third kappa shape index (κ3) is 1.35. The summed E-state index contributed by atoms with van der Waals surface area (Å²) in [5, 5.41) is 11.7. The van der Waals surface area contributed by atoms with Gasteiger partial charge in [-0.1, -0.05) is 0 Å². The number of nitrogens with zero attached hydrogens (tertiary/aromatic N) is 1. The highest BCUT2D eigenvalue weighted by molar-refractivity contribution is 7.80. The first-order valence-electron chi connectivity index (χ1n) is 4.08. The molecule has 0 saturated heterocycles. The minimum absolute atomic E-state index is 0.414. The second-order valence-corrected chi connectivity index (χ2v) is 4.33. The summed E-state index contributed by atoms with van der Waals surface area (Å²) in [5.74, 6) is 0. The maximum atomic E-state index is 8.66. The van der Waals surface area contributed by atoms with Crippen molar-refractivity contribution in [2.24, 2.45) is 0 Å². The van der Waals surface area contributed by atoms with Crippen molar-refractivity contribution in [3.8, 4) is 6.07 Å². The van der Waals surface area contributed by atoms with Crippen LogP contribution in [0, 0.1) is 11.3 Å². The molecule has 0 saturated carbocycles. The van der Waals surface area contributed by atoms with Crippen LogP contribution in [0.2, 0.25) is 0 Å². The minimum atomic E-state index is 0.414. The topological polar surface area (TPSA) is 49.8 Å². The Balaban J connectivity index is 2.77. The molecule has 0 radical (unpaired) electrons. The largest absolute Gasteiger partial charge is 0.398 e. The number of benzene rings is 1. The Bertz CT molecular complexity index is 523. The average molecular weight is 220 g/mol. The summed E-state index contributed by atoms with van der Waals surface area (Å²) in [5.41, 5.74) is 7.44. The fourth-order valence-electron chi connectivity index (χ4n) is 1.41. The molecule has 2 nitrogen and oxygen atoms in total. The first kappa shape index (κ1) is 9.38. The maximum Gasteiger partial charge on any atom is 0.0670 e. The van der Waals surface area contributed by atoms with E-state index >= 15 is 0 Å². The van der Waals surface area contributed by atoms with Gasteiger partial charge in [0.05, 0.1) is 12.5 Å². The molecule has 1 heterocycles. The summed E-state index contributed by atoms with van der Waals surface area (Å²) in [6.45, 7) is 0. The molecule has 0 spiro atoms. The van der Waals surface area contributed by atoms with Gasteiger partial charge in [-0.05, 0) is 23.1 Å². The molecule has 0 aliphatic rings. The Morgan fingerprint density at radius 1 is 1.50 bits per heavy atom. The zero-order chi connectivity index (χ0) is 10.1. The van der Waals surface area contributed by atoms with Gasteiger partial charge >= 0.3 is 0 Å². The number of anilines is 1. The minimum Gasteiger partial charge on any atom is -0.398 e. The van der Waals surface area contributed by atoms with E-state index in [-0.39, 0.29) is 0 Å². The highest BCUT2D eigenvalue weighted by Gasteiger charge is 2.08. The van der Waals surface area contributed by atoms with E-state index in [1.54, 1.807) is 11.3 Å². The van der Waals surface area contributed by atoms with Crippen LogP contribution in [0.15, 0.2) is 22.4 Å². The van der Waals surface area contributed by atoms with Gasteiger partial charge in [0.2, 0.25) is 0 Å². The number of rotatable bonds is 1. The number of fused-ring (bicyclic) bond motifs is 1. The van der Waals surface area contributed by atoms with Crippen molar-refractivity contribution in [1.82, 2.24) is 0 Å². The summed E-state index contributed by atoms with van der Waals surface area (Å²) < 4.78 is 1.13. The zero-order valence-corrected chi connectivity index (χ0v) is 9.03. The van der Waals surface area contributed by atoms with Crippen molar-refractivity contribution in [3.05, 3.63) is 23.1 Å². The van der Waals surface area contributed by atoms with Crippen molar-refractivity contribution >= 4 is 39.7 Å². The number of nitriles is 1. The lowest BCUT2D eigenvalue weighted by Crippen LogP contribution is -1.88. The van der Waals surface area contributed by atoms with Crippen LogP contribution >= 0.6 is 24.0 Å². The normalized spacial score (nSPS) is 10.3. The van der Waals surface area contributed by atoms with Crippen molar-refractivity contribution in [2.75, 3.05) is 5.73 Å². The van der Waals surface area contributed by atoms with Gasteiger partial charge in [-0.15, -0.1) is 24.0 Å². The van der Waals surface area contributed by atoms with Gasteiger partial charge in [0.15, 0.2) is 0 Å². The van der Waals surface area contributed by atoms with E-state index in [1.165, 1.54) is 0 Å². The molecule has 0 atom stereocenters. The van der Waals surface area contributed by atoms with Crippen LogP contribution in [-0.4, -0.2) is 0 Å². The van der Waals surface area contributed by atoms with Gasteiger partial charge in [0.1, 0.15) is 0 Å². The van der Waals surface area contributed by atoms with E-state index in [9.17, 15) is 0 Å². The quantitative estimate of drug-likeness (QED) is 0.573. The van der Waals surface area contributed by atoms with Crippen LogP contribution < -0.4 is 5.73 Å². The molecule has 0 bridgehead atoms. The molecule has 0 fully saturated rings. The monoisotopic (exact) mass is 220 g/mol. The van der Waals surface area contributed by atoms with Crippen LogP contribution in [0.25, 0.3) is 10.1 Å². The van der Waals surface area contributed by atoms with Gasteiger partial charge in [-0.2, -0.15) is 5.26 Å². The first-order valence-corrected chi connectivity index (χ1v) is 5.41. The average Bonchev–Trinajstić information content (AvgIpc) is 2.57. The van der Waals surface area contributed by atoms with Gasteiger partial charge in [-0.25, -0.2) is 0 Å². The lowest BCUT2D eigenvalue weighted by molar-refractivity contribution is 1.29. The number of thiophene rings is 1. The molecule has 2 aromatic rings. The molecular formula is C10H8N2S2. The Hall–Kier alpha value is -1.18. The number of nitrogen functional groups attached to an aromatic ring is 1. The summed E-state index contributed by atoms with van der Waals surface area (Å²) >= 11 is 5.99. The van der Waals surface area contributed by atoms with Crippen LogP contribution in [0.3, 0.4) is 0 Å². The molecule has 0 aliphatic heterocycles. The standard InChI is InChI=1S/C10H8N2S2/c11-4-3-6-5-14-8-2-1-7(12)10(13)9(6)8/h1-2,5,13H,3,12H2. The lowest BCUT2D eigenvalue weighted by atomic mass is 10.1. The molecule has 0 aliphatic carbocycles. The third-order valence-electron chi connectivity index (χ3n) is 2.09. The predicted octanol–water partition coefficient (Wildman–Crippen LogP) is 2.84. The van der Waals surface area contributed by atoms with Gasteiger partial charge in [-0.3, -0.25) is 0 Å². The number of thiol groups is 1. The van der Waals surface area contributed by atoms with Crippen LogP contribution in [0.5, 0.6) is 0 Å². The molecular weight excluding hydrogens is 212 g/mol. The van der Waals surface area contributed by atoms with Crippen molar-refractivity contribution in [3.63, 3.8) is 0 Å². The van der Waals surface area contributed by atoms with Crippen LogP contribution in [0.4, 0.5) is 5.69 Å². The summed E-state index contributed by atoms with van der Waals surface area (Å²) in [6.07, 6.45) is 0.414. The molecule has 0 unspecified atom stereocenters. The van der Waals surface area contributed by atoms with Crippen molar-refractivity contribution < 1.29 is 0 Å². The highest BCUT2D eigenvalue weighted by Crippen LogP contribution is 2.34. The predicted molar refractivity (Wildman–Crippen MR) is 62.8 cm³/mol. The second-order valence-electron chi connectivity index (χ2n) is 2.97. The molecule has 2 rings (SSSR count). The zero-order valence-electron chi connectivity index (χ0n) is 7.32.